The van der Waals surface area contributed by atoms with E-state index in [2.05, 4.69) is 25.7 Å². The molecule has 0 aliphatic carbocycles. The molecule has 1 atom stereocenters. The summed E-state index contributed by atoms with van der Waals surface area (Å²) in [5.41, 5.74) is 2.29. The largest absolute Gasteiger partial charge is 0.382 e. The Morgan fingerprint density at radius 3 is 2.80 bits per heavy atom. The molecule has 1 aromatic carbocycles. The molecule has 25 heavy (non-hydrogen) atoms. The van der Waals surface area contributed by atoms with Gasteiger partial charge in [-0.05, 0) is 36.4 Å². The highest BCUT2D eigenvalue weighted by Gasteiger charge is 2.29. The highest BCUT2D eigenvalue weighted by Crippen LogP contribution is 2.27. The summed E-state index contributed by atoms with van der Waals surface area (Å²) in [4.78, 5) is 22.6. The molecule has 0 saturated carbocycles. The molecule has 126 valence electrons. The second kappa shape index (κ2) is 6.66. The first kappa shape index (κ1) is 15.8. The molecule has 0 fully saturated rings. The second-order valence-corrected chi connectivity index (χ2v) is 7.06. The van der Waals surface area contributed by atoms with Gasteiger partial charge in [-0.15, -0.1) is 11.3 Å². The number of H-pyrrole nitrogens is 1. The van der Waals surface area contributed by atoms with Crippen LogP contribution in [0.1, 0.15) is 11.3 Å². The summed E-state index contributed by atoms with van der Waals surface area (Å²) in [5, 5.41) is 13.4. The summed E-state index contributed by atoms with van der Waals surface area (Å²) in [5.74, 6) is 0.429. The molecule has 0 unspecified atom stereocenters. The Morgan fingerprint density at radius 1 is 1.28 bits per heavy atom. The van der Waals surface area contributed by atoms with E-state index in [-0.39, 0.29) is 5.91 Å². The van der Waals surface area contributed by atoms with Crippen LogP contribution in [0.25, 0.3) is 11.4 Å². The molecule has 4 rings (SSSR count). The van der Waals surface area contributed by atoms with E-state index in [1.807, 2.05) is 18.2 Å². The average molecular weight is 374 g/mol. The third-order valence-electron chi connectivity index (χ3n) is 3.66. The Bertz CT molecular complexity index is 920. The Balaban J connectivity index is 1.38. The fourth-order valence-electron chi connectivity index (χ4n) is 2.41. The van der Waals surface area contributed by atoms with Crippen LogP contribution in [0.4, 0.5) is 5.69 Å². The quantitative estimate of drug-likeness (QED) is 0.733. The van der Waals surface area contributed by atoms with Gasteiger partial charge < -0.3 is 10.2 Å². The monoisotopic (exact) mass is 373 g/mol. The van der Waals surface area contributed by atoms with Gasteiger partial charge in [0.1, 0.15) is 12.0 Å². The Morgan fingerprint density at radius 2 is 2.12 bits per heavy atom. The zero-order valence-electron chi connectivity index (χ0n) is 12.8. The number of aromatic amines is 1. The molecule has 1 aliphatic rings. The van der Waals surface area contributed by atoms with Crippen LogP contribution in [0, 0.1) is 0 Å². The van der Waals surface area contributed by atoms with Gasteiger partial charge in [0.2, 0.25) is 6.10 Å². The van der Waals surface area contributed by atoms with Gasteiger partial charge in [0, 0.05) is 17.7 Å². The van der Waals surface area contributed by atoms with Crippen LogP contribution in [0.3, 0.4) is 0 Å². The molecule has 1 aliphatic heterocycles. The van der Waals surface area contributed by atoms with E-state index in [1.165, 1.54) is 17.7 Å². The van der Waals surface area contributed by atoms with Crippen molar-refractivity contribution in [3.8, 4) is 11.4 Å². The van der Waals surface area contributed by atoms with Gasteiger partial charge in [-0.1, -0.05) is 16.8 Å². The number of carbonyl (C=O) groups excluding carboxylic acids is 1. The van der Waals surface area contributed by atoms with Crippen molar-refractivity contribution in [3.63, 3.8) is 0 Å². The molecule has 0 saturated heterocycles. The molecule has 0 spiro atoms. The maximum Gasteiger partial charge on any atom is 0.268 e. The number of rotatable bonds is 4. The predicted molar refractivity (Wildman–Crippen MR) is 95.8 cm³/mol. The molecule has 0 radical (unpaired) electrons. The minimum Gasteiger partial charge on any atom is -0.382 e. The zero-order chi connectivity index (χ0) is 17.2. The molecule has 1 amide bonds. The summed E-state index contributed by atoms with van der Waals surface area (Å²) in [7, 11) is 0. The third-order valence-corrected chi connectivity index (χ3v) is 4.94. The van der Waals surface area contributed by atoms with Crippen LogP contribution in [0.2, 0.25) is 4.34 Å². The first-order valence-electron chi connectivity index (χ1n) is 7.44. The number of benzene rings is 1. The summed E-state index contributed by atoms with van der Waals surface area (Å²) < 4.78 is 0.678. The Labute approximate surface area is 151 Å². The van der Waals surface area contributed by atoms with E-state index in [9.17, 15) is 4.79 Å². The van der Waals surface area contributed by atoms with Crippen molar-refractivity contribution in [2.75, 3.05) is 5.32 Å². The van der Waals surface area contributed by atoms with E-state index < -0.39 is 6.10 Å². The number of oxime groups is 1. The van der Waals surface area contributed by atoms with Gasteiger partial charge in [-0.25, -0.2) is 4.98 Å². The van der Waals surface area contributed by atoms with Crippen LogP contribution in [0.5, 0.6) is 0 Å². The first-order valence-corrected chi connectivity index (χ1v) is 8.63. The Hall–Kier alpha value is -2.71. The standard InChI is InChI=1S/C16H12ClN5O2S/c17-14-6-5-13(25-14)11-7-12(24-22-11)16(23)20-10-3-1-9(2-4-10)15-18-8-19-21-15/h1-6,8,12H,7H2,(H,20,23)(H,18,19,21)/t12-/m0/s1. The van der Waals surface area contributed by atoms with Crippen LogP contribution in [-0.4, -0.2) is 32.9 Å². The molecule has 7 nitrogen and oxygen atoms in total. The SMILES string of the molecule is O=C(Nc1ccc(-c2ncn[nH]2)cc1)[C@@H]1CC(c2ccc(Cl)s2)=NO1. The summed E-state index contributed by atoms with van der Waals surface area (Å²) >= 11 is 7.34. The molecule has 2 aromatic heterocycles. The lowest BCUT2D eigenvalue weighted by molar-refractivity contribution is -0.125. The maximum atomic E-state index is 12.3. The molecular weight excluding hydrogens is 362 g/mol. The average Bonchev–Trinajstić information content (AvgIpc) is 3.36. The molecular formula is C16H12ClN5O2S. The highest BCUT2D eigenvalue weighted by molar-refractivity contribution is 7.18. The number of amides is 1. The number of aromatic nitrogens is 3. The lowest BCUT2D eigenvalue weighted by Gasteiger charge is -2.09. The van der Waals surface area contributed by atoms with Gasteiger partial charge in [-0.3, -0.25) is 9.89 Å². The van der Waals surface area contributed by atoms with Crippen LogP contribution in [0.15, 0.2) is 47.9 Å². The number of carbonyl (C=O) groups is 1. The number of halogens is 1. The minimum absolute atomic E-state index is 0.242. The van der Waals surface area contributed by atoms with Crippen molar-refractivity contribution >= 4 is 40.2 Å². The normalized spacial score (nSPS) is 16.4. The summed E-state index contributed by atoms with van der Waals surface area (Å²) in [6.07, 6.45) is 1.21. The zero-order valence-corrected chi connectivity index (χ0v) is 14.3. The lowest BCUT2D eigenvalue weighted by Crippen LogP contribution is -2.27. The van der Waals surface area contributed by atoms with Gasteiger partial charge >= 0.3 is 0 Å². The van der Waals surface area contributed by atoms with Crippen molar-refractivity contribution in [1.29, 1.82) is 0 Å². The third kappa shape index (κ3) is 3.40. The molecule has 3 heterocycles. The van der Waals surface area contributed by atoms with Crippen molar-refractivity contribution in [1.82, 2.24) is 15.2 Å². The van der Waals surface area contributed by atoms with Crippen molar-refractivity contribution in [3.05, 3.63) is 51.9 Å². The fourth-order valence-corrected chi connectivity index (χ4v) is 3.44. The van der Waals surface area contributed by atoms with Crippen molar-refractivity contribution in [2.24, 2.45) is 5.16 Å². The van der Waals surface area contributed by atoms with E-state index >= 15 is 0 Å². The van der Waals surface area contributed by atoms with Gasteiger partial charge in [0.05, 0.1) is 9.21 Å². The number of nitrogens with zero attached hydrogens (tertiary/aromatic N) is 3. The number of hydrogen-bond donors (Lipinski definition) is 2. The number of anilines is 1. The van der Waals surface area contributed by atoms with E-state index in [4.69, 9.17) is 16.4 Å². The second-order valence-electron chi connectivity index (χ2n) is 5.34. The topological polar surface area (TPSA) is 92.3 Å². The number of hydrogen-bond acceptors (Lipinski definition) is 6. The van der Waals surface area contributed by atoms with Crippen molar-refractivity contribution in [2.45, 2.75) is 12.5 Å². The minimum atomic E-state index is -0.648. The predicted octanol–water partition coefficient (Wildman–Crippen LogP) is 3.32. The van der Waals surface area contributed by atoms with Gasteiger partial charge in [0.25, 0.3) is 5.91 Å². The molecule has 9 heteroatoms. The van der Waals surface area contributed by atoms with E-state index in [1.54, 1.807) is 18.2 Å². The first-order chi connectivity index (χ1) is 12.2. The summed E-state index contributed by atoms with van der Waals surface area (Å²) in [6, 6.07) is 11.0. The van der Waals surface area contributed by atoms with Crippen molar-refractivity contribution < 1.29 is 9.63 Å². The maximum absolute atomic E-state index is 12.3. The van der Waals surface area contributed by atoms with Crippen LogP contribution in [-0.2, 0) is 9.63 Å². The molecule has 2 N–H and O–H groups in total. The lowest BCUT2D eigenvalue weighted by atomic mass is 10.1. The fraction of sp³-hybridized carbons (Fsp3) is 0.125. The van der Waals surface area contributed by atoms with Gasteiger partial charge in [-0.2, -0.15) is 5.10 Å². The molecule has 0 bridgehead atoms. The smallest absolute Gasteiger partial charge is 0.268 e. The number of thiophene rings is 1. The Kier molecular flexibility index (Phi) is 4.21. The van der Waals surface area contributed by atoms with E-state index in [0.717, 1.165) is 16.2 Å². The van der Waals surface area contributed by atoms with Crippen LogP contribution >= 0.6 is 22.9 Å². The van der Waals surface area contributed by atoms with Crippen LogP contribution < -0.4 is 5.32 Å². The van der Waals surface area contributed by atoms with E-state index in [0.29, 0.717) is 22.3 Å². The highest BCUT2D eigenvalue weighted by atomic mass is 35.5. The van der Waals surface area contributed by atoms with Gasteiger partial charge in [0.15, 0.2) is 5.82 Å². The molecule has 3 aromatic rings. The summed E-state index contributed by atoms with van der Waals surface area (Å²) in [6.45, 7) is 0. The number of nitrogens with one attached hydrogen (secondary N) is 2.